The molecule has 0 atom stereocenters. The summed E-state index contributed by atoms with van der Waals surface area (Å²) in [7, 11) is 0. The summed E-state index contributed by atoms with van der Waals surface area (Å²) in [5.41, 5.74) is 1.17. The number of aromatic nitrogens is 2. The molecule has 2 N–H and O–H groups in total. The highest BCUT2D eigenvalue weighted by Gasteiger charge is 2.21. The lowest BCUT2D eigenvalue weighted by molar-refractivity contribution is -0.119. The summed E-state index contributed by atoms with van der Waals surface area (Å²) in [5, 5.41) is 3.80. The van der Waals surface area contributed by atoms with E-state index in [1.807, 2.05) is 0 Å². The van der Waals surface area contributed by atoms with Crippen molar-refractivity contribution in [3.8, 4) is 0 Å². The number of rotatable bonds is 7. The lowest BCUT2D eigenvalue weighted by Gasteiger charge is -2.14. The minimum absolute atomic E-state index is 0.0310. The van der Waals surface area contributed by atoms with E-state index in [1.54, 1.807) is 11.3 Å². The third-order valence-corrected chi connectivity index (χ3v) is 6.58. The zero-order chi connectivity index (χ0) is 17.1. The Morgan fingerprint density at radius 2 is 2.17 bits per heavy atom. The van der Waals surface area contributed by atoms with Crippen LogP contribution in [-0.2, 0) is 23.4 Å². The average Bonchev–Trinajstić information content (AvgIpc) is 3.12. The summed E-state index contributed by atoms with van der Waals surface area (Å²) in [6.45, 7) is 4.15. The van der Waals surface area contributed by atoms with Crippen LogP contribution in [-0.4, -0.2) is 27.7 Å². The normalized spacial score (nSPS) is 13.6. The lowest BCUT2D eigenvalue weighted by atomic mass is 10.2. The van der Waals surface area contributed by atoms with Gasteiger partial charge in [-0.3, -0.25) is 9.59 Å². The molecule has 0 spiro atoms. The van der Waals surface area contributed by atoms with E-state index in [4.69, 9.17) is 0 Å². The molecular weight excluding hydrogens is 342 g/mol. The number of thiophene rings is 1. The molecule has 0 radical (unpaired) electrons. The van der Waals surface area contributed by atoms with Crippen molar-refractivity contribution in [2.45, 2.75) is 57.7 Å². The highest BCUT2D eigenvalue weighted by atomic mass is 32.2. The van der Waals surface area contributed by atoms with Crippen LogP contribution in [0.4, 0.5) is 0 Å². The Kier molecular flexibility index (Phi) is 5.61. The molecule has 0 aliphatic heterocycles. The second-order valence-corrected chi connectivity index (χ2v) is 8.19. The number of nitrogens with zero attached hydrogens (tertiary/aromatic N) is 1. The Balaban J connectivity index is 1.62. The van der Waals surface area contributed by atoms with E-state index in [1.165, 1.54) is 22.2 Å². The summed E-state index contributed by atoms with van der Waals surface area (Å²) < 4.78 is 0. The number of aromatic amines is 1. The Hall–Kier alpha value is -1.34. The van der Waals surface area contributed by atoms with Crippen LogP contribution < -0.4 is 10.9 Å². The highest BCUT2D eigenvalue weighted by Crippen LogP contribution is 2.34. The molecule has 2 aromatic heterocycles. The van der Waals surface area contributed by atoms with Crippen molar-refractivity contribution in [3.05, 3.63) is 26.6 Å². The molecule has 5 nitrogen and oxygen atoms in total. The number of carbonyl (C=O) groups is 1. The van der Waals surface area contributed by atoms with Gasteiger partial charge in [0.2, 0.25) is 5.91 Å². The van der Waals surface area contributed by atoms with Gasteiger partial charge in [-0.15, -0.1) is 23.1 Å². The first-order chi connectivity index (χ1) is 11.6. The van der Waals surface area contributed by atoms with Crippen molar-refractivity contribution < 1.29 is 4.79 Å². The summed E-state index contributed by atoms with van der Waals surface area (Å²) in [5.74, 6) is 1.64. The third kappa shape index (κ3) is 3.67. The van der Waals surface area contributed by atoms with Crippen LogP contribution in [0.15, 0.2) is 4.79 Å². The Labute approximate surface area is 149 Å². The number of nitrogens with one attached hydrogen (secondary N) is 2. The Bertz CT molecular complexity index is 793. The van der Waals surface area contributed by atoms with Crippen LogP contribution in [0.3, 0.4) is 0 Å². The van der Waals surface area contributed by atoms with Crippen LogP contribution in [0.5, 0.6) is 0 Å². The monoisotopic (exact) mass is 365 g/mol. The van der Waals surface area contributed by atoms with Gasteiger partial charge < -0.3 is 10.3 Å². The van der Waals surface area contributed by atoms with Gasteiger partial charge in [-0.2, -0.15) is 0 Å². The van der Waals surface area contributed by atoms with Crippen molar-refractivity contribution in [1.29, 1.82) is 0 Å². The van der Waals surface area contributed by atoms with Gasteiger partial charge >= 0.3 is 0 Å². The summed E-state index contributed by atoms with van der Waals surface area (Å²) in [6, 6.07) is 0.251. The predicted octanol–water partition coefficient (Wildman–Crippen LogP) is 3.01. The van der Waals surface area contributed by atoms with Crippen LogP contribution >= 0.6 is 23.1 Å². The topological polar surface area (TPSA) is 74.8 Å². The van der Waals surface area contributed by atoms with Gasteiger partial charge in [0.05, 0.1) is 16.9 Å². The van der Waals surface area contributed by atoms with Crippen LogP contribution in [0.2, 0.25) is 0 Å². The van der Waals surface area contributed by atoms with Gasteiger partial charge in [0, 0.05) is 10.9 Å². The fourth-order valence-electron chi connectivity index (χ4n) is 3.12. The van der Waals surface area contributed by atoms with E-state index in [2.05, 4.69) is 29.1 Å². The summed E-state index contributed by atoms with van der Waals surface area (Å²) in [6.07, 6.45) is 5.09. The molecule has 2 heterocycles. The van der Waals surface area contributed by atoms with Gasteiger partial charge in [0.15, 0.2) is 0 Å². The quantitative estimate of drug-likeness (QED) is 0.791. The first-order valence-corrected chi connectivity index (χ1v) is 10.5. The maximum atomic E-state index is 12.4. The fraction of sp³-hybridized carbons (Fsp3) is 0.588. The van der Waals surface area contributed by atoms with Gasteiger partial charge in [0.1, 0.15) is 10.7 Å². The number of hydrogen-bond acceptors (Lipinski definition) is 5. The molecule has 0 aromatic carbocycles. The van der Waals surface area contributed by atoms with E-state index >= 15 is 0 Å². The molecular formula is C17H23N3O2S2. The van der Waals surface area contributed by atoms with Crippen molar-refractivity contribution in [2.24, 2.45) is 0 Å². The second kappa shape index (κ2) is 7.70. The second-order valence-electron chi connectivity index (χ2n) is 6.12. The first-order valence-electron chi connectivity index (χ1n) is 8.52. The van der Waals surface area contributed by atoms with Crippen LogP contribution in [0.1, 0.15) is 49.4 Å². The minimum Gasteiger partial charge on any atom is -0.353 e. The number of thioether (sulfide) groups is 1. The molecule has 130 valence electrons. The predicted molar refractivity (Wildman–Crippen MR) is 101 cm³/mol. The number of H-pyrrole nitrogens is 1. The van der Waals surface area contributed by atoms with Gasteiger partial charge in [-0.05, 0) is 37.7 Å². The average molecular weight is 366 g/mol. The standard InChI is InChI=1S/C17H23N3O2S2/c1-3-10(4-2)18-14(21)9-23-8-13-19-16(22)15-11-6-5-7-12(11)24-17(15)20-13/h10H,3-9H2,1-2H3,(H,18,21)(H,19,20,22). The van der Waals surface area contributed by atoms with Crippen LogP contribution in [0, 0.1) is 0 Å². The summed E-state index contributed by atoms with van der Waals surface area (Å²) in [4.78, 5) is 33.9. The molecule has 1 aliphatic carbocycles. The molecule has 0 unspecified atom stereocenters. The van der Waals surface area contributed by atoms with Gasteiger partial charge in [-0.1, -0.05) is 13.8 Å². The molecule has 1 aliphatic rings. The molecule has 7 heteroatoms. The van der Waals surface area contributed by atoms with E-state index in [0.29, 0.717) is 17.3 Å². The lowest BCUT2D eigenvalue weighted by Crippen LogP contribution is -2.35. The van der Waals surface area contributed by atoms with E-state index in [-0.39, 0.29) is 17.5 Å². The number of fused-ring (bicyclic) bond motifs is 3. The molecule has 24 heavy (non-hydrogen) atoms. The third-order valence-electron chi connectivity index (χ3n) is 4.45. The Morgan fingerprint density at radius 3 is 2.92 bits per heavy atom. The first kappa shape index (κ1) is 17.5. The van der Waals surface area contributed by atoms with E-state index < -0.39 is 0 Å². The summed E-state index contributed by atoms with van der Waals surface area (Å²) >= 11 is 3.13. The van der Waals surface area contributed by atoms with Gasteiger partial charge in [-0.25, -0.2) is 4.98 Å². The molecule has 3 rings (SSSR count). The molecule has 0 fully saturated rings. The largest absolute Gasteiger partial charge is 0.353 e. The molecule has 0 saturated carbocycles. The molecule has 2 aromatic rings. The molecule has 1 amide bonds. The van der Waals surface area contributed by atoms with Crippen molar-refractivity contribution in [2.75, 3.05) is 5.75 Å². The van der Waals surface area contributed by atoms with E-state index in [0.717, 1.165) is 42.3 Å². The zero-order valence-electron chi connectivity index (χ0n) is 14.1. The maximum absolute atomic E-state index is 12.4. The van der Waals surface area contributed by atoms with Crippen molar-refractivity contribution in [3.63, 3.8) is 0 Å². The van der Waals surface area contributed by atoms with Gasteiger partial charge in [0.25, 0.3) is 5.56 Å². The number of aryl methyl sites for hydroxylation is 2. The fourth-order valence-corrected chi connectivity index (χ4v) is 5.10. The minimum atomic E-state index is -0.0310. The Morgan fingerprint density at radius 1 is 1.38 bits per heavy atom. The zero-order valence-corrected chi connectivity index (χ0v) is 15.7. The SMILES string of the molecule is CCC(CC)NC(=O)CSCc1nc2sc3c(c2c(=O)[nH]1)CCC3. The van der Waals surface area contributed by atoms with Crippen molar-refractivity contribution in [1.82, 2.24) is 15.3 Å². The highest BCUT2D eigenvalue weighted by molar-refractivity contribution is 7.99. The molecule has 0 saturated heterocycles. The smallest absolute Gasteiger partial charge is 0.259 e. The maximum Gasteiger partial charge on any atom is 0.259 e. The number of carbonyl (C=O) groups excluding carboxylic acids is 1. The number of amides is 1. The van der Waals surface area contributed by atoms with E-state index in [9.17, 15) is 9.59 Å². The van der Waals surface area contributed by atoms with Crippen molar-refractivity contribution >= 4 is 39.2 Å². The van der Waals surface area contributed by atoms with Crippen LogP contribution in [0.25, 0.3) is 10.2 Å². The number of hydrogen-bond donors (Lipinski definition) is 2. The molecule has 0 bridgehead atoms.